The fourth-order valence-electron chi connectivity index (χ4n) is 2.14. The first kappa shape index (κ1) is 14.7. The Morgan fingerprint density at radius 2 is 2.00 bits per heavy atom. The average Bonchev–Trinajstić information content (AvgIpc) is 3.00. The number of hydrogen-bond acceptors (Lipinski definition) is 5. The maximum Gasteiger partial charge on any atom is 0.264 e. The van der Waals surface area contributed by atoms with E-state index in [4.69, 9.17) is 0 Å². The molecule has 0 saturated carbocycles. The molecule has 1 unspecified atom stereocenters. The summed E-state index contributed by atoms with van der Waals surface area (Å²) in [5, 5.41) is 21.5. The minimum absolute atomic E-state index is 0.0980. The molecule has 0 saturated heterocycles. The number of hydrazone groups is 1. The van der Waals surface area contributed by atoms with E-state index in [1.165, 1.54) is 6.21 Å². The molecule has 1 heterocycles. The number of fused-ring (bicyclic) bond motifs is 1. The van der Waals surface area contributed by atoms with E-state index in [0.29, 0.717) is 5.56 Å². The van der Waals surface area contributed by atoms with Gasteiger partial charge in [0.1, 0.15) is 17.3 Å². The first-order chi connectivity index (χ1) is 11.2. The molecule has 0 fully saturated rings. The van der Waals surface area contributed by atoms with Gasteiger partial charge in [0.2, 0.25) is 0 Å². The number of phenols is 1. The Bertz CT molecular complexity index is 872. The van der Waals surface area contributed by atoms with Crippen LogP contribution in [0.4, 0.5) is 0 Å². The monoisotopic (exact) mass is 309 g/mol. The zero-order valence-electron chi connectivity index (χ0n) is 12.4. The second kappa shape index (κ2) is 6.27. The molecule has 2 aromatic carbocycles. The number of rotatable bonds is 4. The zero-order valence-corrected chi connectivity index (χ0v) is 12.4. The largest absolute Gasteiger partial charge is 0.507 e. The Hall–Kier alpha value is -3.22. The summed E-state index contributed by atoms with van der Waals surface area (Å²) in [5.74, 6) is -0.229. The molecule has 0 spiro atoms. The van der Waals surface area contributed by atoms with Gasteiger partial charge >= 0.3 is 0 Å². The van der Waals surface area contributed by atoms with E-state index in [1.807, 2.05) is 24.3 Å². The third-order valence-electron chi connectivity index (χ3n) is 3.44. The van der Waals surface area contributed by atoms with Crippen LogP contribution in [0.2, 0.25) is 0 Å². The average molecular weight is 309 g/mol. The van der Waals surface area contributed by atoms with Gasteiger partial charge in [-0.2, -0.15) is 5.10 Å². The van der Waals surface area contributed by atoms with Crippen LogP contribution >= 0.6 is 0 Å². The number of carbonyl (C=O) groups excluding carboxylic acids is 1. The van der Waals surface area contributed by atoms with Crippen LogP contribution < -0.4 is 5.43 Å². The molecule has 0 aliphatic carbocycles. The fourth-order valence-corrected chi connectivity index (χ4v) is 2.14. The van der Waals surface area contributed by atoms with Crippen molar-refractivity contribution in [3.63, 3.8) is 0 Å². The first-order valence-corrected chi connectivity index (χ1v) is 7.07. The van der Waals surface area contributed by atoms with Crippen molar-refractivity contribution in [2.24, 2.45) is 5.10 Å². The molecule has 0 aliphatic rings. The molecule has 23 heavy (non-hydrogen) atoms. The van der Waals surface area contributed by atoms with Crippen LogP contribution in [0.3, 0.4) is 0 Å². The molecule has 3 rings (SSSR count). The van der Waals surface area contributed by atoms with E-state index in [-0.39, 0.29) is 11.7 Å². The van der Waals surface area contributed by atoms with Crippen LogP contribution in [0.15, 0.2) is 53.6 Å². The smallest absolute Gasteiger partial charge is 0.264 e. The summed E-state index contributed by atoms with van der Waals surface area (Å²) < 4.78 is 1.54. The highest BCUT2D eigenvalue weighted by Crippen LogP contribution is 2.15. The van der Waals surface area contributed by atoms with E-state index in [2.05, 4.69) is 20.8 Å². The van der Waals surface area contributed by atoms with Crippen molar-refractivity contribution in [3.8, 4) is 5.75 Å². The Labute approximate surface area is 132 Å². The molecule has 1 aromatic heterocycles. The maximum atomic E-state index is 12.2. The van der Waals surface area contributed by atoms with E-state index in [9.17, 15) is 9.90 Å². The third-order valence-corrected chi connectivity index (χ3v) is 3.44. The van der Waals surface area contributed by atoms with Crippen molar-refractivity contribution >= 4 is 23.2 Å². The molecule has 1 amide bonds. The first-order valence-electron chi connectivity index (χ1n) is 7.07. The summed E-state index contributed by atoms with van der Waals surface area (Å²) in [4.78, 5) is 12.2. The molecule has 7 heteroatoms. The second-order valence-electron chi connectivity index (χ2n) is 4.99. The summed E-state index contributed by atoms with van der Waals surface area (Å²) in [5.41, 5.74) is 4.47. The molecule has 0 bridgehead atoms. The molecule has 3 aromatic rings. The summed E-state index contributed by atoms with van der Waals surface area (Å²) in [7, 11) is 0. The molecule has 0 radical (unpaired) electrons. The number of nitrogens with one attached hydrogen (secondary N) is 1. The van der Waals surface area contributed by atoms with Crippen molar-refractivity contribution in [2.75, 3.05) is 0 Å². The molecule has 1 atom stereocenters. The number of aromatic nitrogens is 3. The highest BCUT2D eigenvalue weighted by Gasteiger charge is 2.18. The molecular formula is C16H15N5O2. The van der Waals surface area contributed by atoms with Crippen LogP contribution in [-0.4, -0.2) is 32.2 Å². The van der Waals surface area contributed by atoms with Crippen LogP contribution in [0.5, 0.6) is 5.75 Å². The van der Waals surface area contributed by atoms with Gasteiger partial charge in [-0.1, -0.05) is 29.5 Å². The van der Waals surface area contributed by atoms with Gasteiger partial charge in [-0.3, -0.25) is 4.79 Å². The Morgan fingerprint density at radius 1 is 1.26 bits per heavy atom. The standard InChI is InChI=1S/C16H15N5O2/c1-11(21-14-8-4-3-7-13(14)18-20-21)16(23)19-17-10-12-6-2-5-9-15(12)22/h2-11,22H,1H3,(H,19,23)/b17-10+. The molecule has 116 valence electrons. The predicted molar refractivity (Wildman–Crippen MR) is 86.1 cm³/mol. The zero-order chi connectivity index (χ0) is 16.2. The van der Waals surface area contributed by atoms with Crippen molar-refractivity contribution in [2.45, 2.75) is 13.0 Å². The number of benzene rings is 2. The molecule has 0 aliphatic heterocycles. The second-order valence-corrected chi connectivity index (χ2v) is 4.99. The Morgan fingerprint density at radius 3 is 2.83 bits per heavy atom. The summed E-state index contributed by atoms with van der Waals surface area (Å²) >= 11 is 0. The Balaban J connectivity index is 1.72. The number of hydrogen-bond donors (Lipinski definition) is 2. The van der Waals surface area contributed by atoms with Gasteiger partial charge in [0.15, 0.2) is 0 Å². The Kier molecular flexibility index (Phi) is 4.01. The number of aromatic hydroxyl groups is 1. The highest BCUT2D eigenvalue weighted by atomic mass is 16.3. The van der Waals surface area contributed by atoms with E-state index >= 15 is 0 Å². The van der Waals surface area contributed by atoms with Gasteiger partial charge < -0.3 is 5.11 Å². The number of phenolic OH excluding ortho intramolecular Hbond substituents is 1. The van der Waals surface area contributed by atoms with Crippen molar-refractivity contribution in [1.29, 1.82) is 0 Å². The number of amides is 1. The van der Waals surface area contributed by atoms with Gasteiger partial charge in [-0.25, -0.2) is 10.1 Å². The molecular weight excluding hydrogens is 294 g/mol. The van der Waals surface area contributed by atoms with E-state index in [1.54, 1.807) is 35.9 Å². The van der Waals surface area contributed by atoms with E-state index < -0.39 is 6.04 Å². The number of para-hydroxylation sites is 2. The SMILES string of the molecule is CC(C(=O)N/N=C/c1ccccc1O)n1nnc2ccccc21. The fraction of sp³-hybridized carbons (Fsp3) is 0.125. The van der Waals surface area contributed by atoms with Gasteiger partial charge in [0.25, 0.3) is 5.91 Å². The van der Waals surface area contributed by atoms with Crippen molar-refractivity contribution in [1.82, 2.24) is 20.4 Å². The van der Waals surface area contributed by atoms with Gasteiger partial charge in [-0.15, -0.1) is 5.10 Å². The minimum Gasteiger partial charge on any atom is -0.507 e. The van der Waals surface area contributed by atoms with Crippen molar-refractivity contribution < 1.29 is 9.90 Å². The lowest BCUT2D eigenvalue weighted by Gasteiger charge is -2.10. The number of nitrogens with zero attached hydrogens (tertiary/aromatic N) is 4. The van der Waals surface area contributed by atoms with Crippen LogP contribution in [0.25, 0.3) is 11.0 Å². The van der Waals surface area contributed by atoms with Crippen LogP contribution in [0, 0.1) is 0 Å². The lowest BCUT2D eigenvalue weighted by Crippen LogP contribution is -2.28. The lowest BCUT2D eigenvalue weighted by molar-refractivity contribution is -0.124. The van der Waals surface area contributed by atoms with E-state index in [0.717, 1.165) is 11.0 Å². The lowest BCUT2D eigenvalue weighted by atomic mass is 10.2. The van der Waals surface area contributed by atoms with Crippen LogP contribution in [-0.2, 0) is 4.79 Å². The topological polar surface area (TPSA) is 92.4 Å². The third kappa shape index (κ3) is 3.03. The molecule has 7 nitrogen and oxygen atoms in total. The predicted octanol–water partition coefficient (Wildman–Crippen LogP) is 1.85. The van der Waals surface area contributed by atoms with Gasteiger partial charge in [0, 0.05) is 5.56 Å². The highest BCUT2D eigenvalue weighted by molar-refractivity contribution is 5.86. The van der Waals surface area contributed by atoms with Crippen molar-refractivity contribution in [3.05, 3.63) is 54.1 Å². The number of carbonyl (C=O) groups is 1. The molecule has 2 N–H and O–H groups in total. The van der Waals surface area contributed by atoms with Gasteiger partial charge in [-0.05, 0) is 31.2 Å². The van der Waals surface area contributed by atoms with Crippen LogP contribution in [0.1, 0.15) is 18.5 Å². The normalized spacial score (nSPS) is 12.6. The minimum atomic E-state index is -0.566. The summed E-state index contributed by atoms with van der Waals surface area (Å²) in [6, 6.07) is 13.6. The maximum absolute atomic E-state index is 12.2. The quantitative estimate of drug-likeness (QED) is 0.568. The summed E-state index contributed by atoms with van der Waals surface area (Å²) in [6.07, 6.45) is 1.39. The summed E-state index contributed by atoms with van der Waals surface area (Å²) in [6.45, 7) is 1.71. The van der Waals surface area contributed by atoms with Gasteiger partial charge in [0.05, 0.1) is 11.7 Å².